The quantitative estimate of drug-likeness (QED) is 0.299. The molecule has 0 heterocycles. The van der Waals surface area contributed by atoms with E-state index in [1.165, 1.54) is 33.4 Å². The lowest BCUT2D eigenvalue weighted by atomic mass is 9.77. The zero-order chi connectivity index (χ0) is 24.2. The summed E-state index contributed by atoms with van der Waals surface area (Å²) in [5.74, 6) is 0. The van der Waals surface area contributed by atoms with E-state index in [0.29, 0.717) is 0 Å². The number of benzene rings is 4. The Hall–Kier alpha value is -3.32. The normalized spacial score (nSPS) is 11.9. The van der Waals surface area contributed by atoms with Crippen LogP contribution in [0.5, 0.6) is 0 Å². The Morgan fingerprint density at radius 1 is 0.500 bits per heavy atom. The highest BCUT2D eigenvalue weighted by atomic mass is 14.9. The van der Waals surface area contributed by atoms with Crippen molar-refractivity contribution in [1.29, 1.82) is 0 Å². The van der Waals surface area contributed by atoms with E-state index in [2.05, 4.69) is 137 Å². The van der Waals surface area contributed by atoms with Crippen molar-refractivity contribution in [2.45, 2.75) is 58.4 Å². The van der Waals surface area contributed by atoms with E-state index >= 15 is 0 Å². The third kappa shape index (κ3) is 5.78. The van der Waals surface area contributed by atoms with Gasteiger partial charge in [-0.15, -0.1) is 0 Å². The van der Waals surface area contributed by atoms with Crippen LogP contribution in [0.25, 0.3) is 0 Å². The van der Waals surface area contributed by atoms with E-state index in [9.17, 15) is 0 Å². The van der Waals surface area contributed by atoms with Crippen molar-refractivity contribution in [3.63, 3.8) is 0 Å². The second-order valence-electron chi connectivity index (χ2n) is 10.9. The van der Waals surface area contributed by atoms with Gasteiger partial charge in [0.2, 0.25) is 0 Å². The molecule has 174 valence electrons. The van der Waals surface area contributed by atoms with Crippen molar-refractivity contribution in [2.24, 2.45) is 0 Å². The first-order valence-electron chi connectivity index (χ1n) is 12.3. The molecule has 0 spiro atoms. The second-order valence-corrected chi connectivity index (χ2v) is 10.9. The molecular formula is C33H37N. The van der Waals surface area contributed by atoms with E-state index in [-0.39, 0.29) is 10.8 Å². The summed E-state index contributed by atoms with van der Waals surface area (Å²) >= 11 is 0. The van der Waals surface area contributed by atoms with E-state index in [1.54, 1.807) is 0 Å². The number of hydrogen-bond donors (Lipinski definition) is 1. The van der Waals surface area contributed by atoms with Crippen LogP contribution in [0.2, 0.25) is 0 Å². The molecule has 0 atom stereocenters. The highest BCUT2D eigenvalue weighted by Gasteiger charge is 2.23. The minimum Gasteiger partial charge on any atom is -0.381 e. The summed E-state index contributed by atoms with van der Waals surface area (Å²) < 4.78 is 0. The van der Waals surface area contributed by atoms with Gasteiger partial charge in [0.25, 0.3) is 0 Å². The largest absolute Gasteiger partial charge is 0.381 e. The summed E-state index contributed by atoms with van der Waals surface area (Å²) in [7, 11) is 0. The topological polar surface area (TPSA) is 12.0 Å². The summed E-state index contributed by atoms with van der Waals surface area (Å²) in [6, 6.07) is 37.6. The number of nitrogens with one attached hydrogen (secondary N) is 1. The molecule has 1 heteroatoms. The maximum atomic E-state index is 3.49. The Kier molecular flexibility index (Phi) is 6.93. The highest BCUT2D eigenvalue weighted by Crippen LogP contribution is 2.32. The molecular weight excluding hydrogens is 410 g/mol. The summed E-state index contributed by atoms with van der Waals surface area (Å²) in [4.78, 5) is 0. The predicted octanol–water partition coefficient (Wildman–Crippen LogP) is 8.51. The molecule has 0 aliphatic carbocycles. The van der Waals surface area contributed by atoms with Gasteiger partial charge in [-0.05, 0) is 57.3 Å². The van der Waals surface area contributed by atoms with Crippen LogP contribution in [-0.4, -0.2) is 0 Å². The van der Waals surface area contributed by atoms with Gasteiger partial charge in [0.15, 0.2) is 0 Å². The maximum absolute atomic E-state index is 3.49. The SMILES string of the molecule is CC(C)(C)c1ccc(Cc2ccc(C(C)(C)c3ccc(CNc4ccccc4)cc3)cc2)cc1. The molecule has 0 saturated carbocycles. The van der Waals surface area contributed by atoms with Crippen LogP contribution in [0.1, 0.15) is 68.0 Å². The molecule has 1 nitrogen and oxygen atoms in total. The van der Waals surface area contributed by atoms with E-state index < -0.39 is 0 Å². The first-order valence-corrected chi connectivity index (χ1v) is 12.3. The number of rotatable bonds is 7. The predicted molar refractivity (Wildman–Crippen MR) is 147 cm³/mol. The number of anilines is 1. The molecule has 4 aromatic carbocycles. The Labute approximate surface area is 205 Å². The van der Waals surface area contributed by atoms with Gasteiger partial charge in [0, 0.05) is 17.6 Å². The first-order chi connectivity index (χ1) is 16.2. The lowest BCUT2D eigenvalue weighted by molar-refractivity contribution is 0.590. The lowest BCUT2D eigenvalue weighted by Gasteiger charge is -2.26. The summed E-state index contributed by atoms with van der Waals surface area (Å²) in [6.07, 6.45) is 0.967. The van der Waals surface area contributed by atoms with Crippen LogP contribution in [0.3, 0.4) is 0 Å². The van der Waals surface area contributed by atoms with Crippen molar-refractivity contribution in [1.82, 2.24) is 0 Å². The maximum Gasteiger partial charge on any atom is 0.0400 e. The fourth-order valence-electron chi connectivity index (χ4n) is 4.36. The van der Waals surface area contributed by atoms with Crippen molar-refractivity contribution in [3.05, 3.63) is 137 Å². The number of para-hydroxylation sites is 1. The minimum absolute atomic E-state index is 0.0434. The van der Waals surface area contributed by atoms with Gasteiger partial charge in [0.1, 0.15) is 0 Å². The molecule has 0 bridgehead atoms. The fraction of sp³-hybridized carbons (Fsp3) is 0.273. The zero-order valence-corrected chi connectivity index (χ0v) is 21.2. The Bertz CT molecular complexity index is 1180. The van der Waals surface area contributed by atoms with Crippen LogP contribution in [0.15, 0.2) is 103 Å². The molecule has 0 aliphatic heterocycles. The molecule has 1 N–H and O–H groups in total. The Morgan fingerprint density at radius 2 is 0.941 bits per heavy atom. The van der Waals surface area contributed by atoms with Gasteiger partial charge in [0.05, 0.1) is 0 Å². The average molecular weight is 448 g/mol. The van der Waals surface area contributed by atoms with Gasteiger partial charge in [-0.2, -0.15) is 0 Å². The van der Waals surface area contributed by atoms with E-state index in [0.717, 1.165) is 18.7 Å². The standard InChI is InChI=1S/C33H37N/c1-32(2,3)28-17-11-25(12-18-28)23-26-13-19-29(20-14-26)33(4,5)30-21-15-27(16-22-30)24-34-31-9-7-6-8-10-31/h6-22,34H,23-24H2,1-5H3. The lowest BCUT2D eigenvalue weighted by Crippen LogP contribution is -2.19. The first kappa shape index (κ1) is 23.8. The fourth-order valence-corrected chi connectivity index (χ4v) is 4.36. The monoisotopic (exact) mass is 447 g/mol. The summed E-state index contributed by atoms with van der Waals surface area (Å²) in [5.41, 5.74) is 9.37. The van der Waals surface area contributed by atoms with Crippen molar-refractivity contribution in [2.75, 3.05) is 5.32 Å². The smallest absolute Gasteiger partial charge is 0.0400 e. The van der Waals surface area contributed by atoms with Gasteiger partial charge in [-0.1, -0.05) is 126 Å². The average Bonchev–Trinajstić information content (AvgIpc) is 2.84. The van der Waals surface area contributed by atoms with Gasteiger partial charge in [-0.3, -0.25) is 0 Å². The molecule has 34 heavy (non-hydrogen) atoms. The van der Waals surface area contributed by atoms with E-state index in [4.69, 9.17) is 0 Å². The van der Waals surface area contributed by atoms with Crippen molar-refractivity contribution >= 4 is 5.69 Å². The van der Waals surface area contributed by atoms with E-state index in [1.807, 2.05) is 6.07 Å². The molecule has 4 aromatic rings. The molecule has 0 fully saturated rings. The molecule has 4 rings (SSSR count). The van der Waals surface area contributed by atoms with Crippen LogP contribution in [-0.2, 0) is 23.8 Å². The van der Waals surface area contributed by atoms with Crippen LogP contribution >= 0.6 is 0 Å². The molecule has 0 radical (unpaired) electrons. The van der Waals surface area contributed by atoms with Gasteiger partial charge >= 0.3 is 0 Å². The third-order valence-corrected chi connectivity index (χ3v) is 6.85. The summed E-state index contributed by atoms with van der Waals surface area (Å²) in [5, 5.41) is 3.49. The molecule has 0 aliphatic rings. The highest BCUT2D eigenvalue weighted by molar-refractivity contribution is 5.44. The number of hydrogen-bond acceptors (Lipinski definition) is 1. The van der Waals surface area contributed by atoms with Crippen molar-refractivity contribution in [3.8, 4) is 0 Å². The summed E-state index contributed by atoms with van der Waals surface area (Å²) in [6.45, 7) is 12.2. The molecule has 0 saturated heterocycles. The zero-order valence-electron chi connectivity index (χ0n) is 21.2. The van der Waals surface area contributed by atoms with Crippen molar-refractivity contribution < 1.29 is 0 Å². The minimum atomic E-state index is -0.0434. The van der Waals surface area contributed by atoms with Crippen LogP contribution in [0.4, 0.5) is 5.69 Å². The molecule has 0 amide bonds. The molecule has 0 unspecified atom stereocenters. The Balaban J connectivity index is 1.41. The molecule has 0 aromatic heterocycles. The second kappa shape index (κ2) is 9.89. The van der Waals surface area contributed by atoms with Crippen LogP contribution < -0.4 is 5.32 Å². The van der Waals surface area contributed by atoms with Gasteiger partial charge < -0.3 is 5.32 Å². The Morgan fingerprint density at radius 3 is 1.41 bits per heavy atom. The third-order valence-electron chi connectivity index (χ3n) is 6.85. The van der Waals surface area contributed by atoms with Gasteiger partial charge in [-0.25, -0.2) is 0 Å². The van der Waals surface area contributed by atoms with Crippen LogP contribution in [0, 0.1) is 0 Å².